The van der Waals surface area contributed by atoms with Crippen molar-refractivity contribution >= 4 is 11.9 Å². The third kappa shape index (κ3) is 0.609. The minimum absolute atomic E-state index is 0.113. The number of hydrogen-bond acceptors (Lipinski definition) is 3. The fourth-order valence-electron chi connectivity index (χ4n) is 1.25. The SMILES string of the molecule is Cc1ccn2c1C(=O)N(O)C2=O. The van der Waals surface area contributed by atoms with Crippen LogP contribution < -0.4 is 0 Å². The molecule has 5 nitrogen and oxygen atoms in total. The summed E-state index contributed by atoms with van der Waals surface area (Å²) in [6.07, 6.45) is 1.46. The summed E-state index contributed by atoms with van der Waals surface area (Å²) >= 11 is 0. The topological polar surface area (TPSA) is 62.5 Å². The molecule has 1 N–H and O–H groups in total. The zero-order valence-electron chi connectivity index (χ0n) is 6.31. The number of carbonyl (C=O) groups is 2. The molecule has 0 unspecified atom stereocenters. The smallest absolute Gasteiger partial charge is 0.277 e. The Kier molecular flexibility index (Phi) is 1.15. The maximum atomic E-state index is 11.1. The maximum Gasteiger partial charge on any atom is 0.360 e. The van der Waals surface area contributed by atoms with E-state index in [1.807, 2.05) is 0 Å². The van der Waals surface area contributed by atoms with Gasteiger partial charge in [0.05, 0.1) is 0 Å². The Morgan fingerprint density at radius 2 is 2.08 bits per heavy atom. The molecule has 0 bridgehead atoms. The molecule has 1 aromatic rings. The van der Waals surface area contributed by atoms with Crippen LogP contribution in [0.1, 0.15) is 16.1 Å². The van der Waals surface area contributed by atoms with Crippen molar-refractivity contribution < 1.29 is 14.8 Å². The molecule has 0 aliphatic carbocycles. The Balaban J connectivity index is 2.69. The number of aryl methyl sites for hydroxylation is 1. The predicted molar refractivity (Wildman–Crippen MR) is 37.9 cm³/mol. The van der Waals surface area contributed by atoms with Gasteiger partial charge in [-0.05, 0) is 18.6 Å². The van der Waals surface area contributed by atoms with E-state index in [0.29, 0.717) is 5.56 Å². The third-order valence-corrected chi connectivity index (χ3v) is 1.87. The van der Waals surface area contributed by atoms with Crippen molar-refractivity contribution in [3.05, 3.63) is 23.5 Å². The van der Waals surface area contributed by atoms with Gasteiger partial charge in [0.25, 0.3) is 0 Å². The van der Waals surface area contributed by atoms with Crippen molar-refractivity contribution in [1.29, 1.82) is 0 Å². The number of nitrogens with zero attached hydrogens (tertiary/aromatic N) is 2. The van der Waals surface area contributed by atoms with Gasteiger partial charge in [0.2, 0.25) is 0 Å². The van der Waals surface area contributed by atoms with Crippen molar-refractivity contribution in [2.45, 2.75) is 6.92 Å². The number of rotatable bonds is 0. The van der Waals surface area contributed by atoms with Gasteiger partial charge in [-0.3, -0.25) is 14.6 Å². The molecule has 0 aromatic carbocycles. The van der Waals surface area contributed by atoms with Crippen molar-refractivity contribution in [3.63, 3.8) is 0 Å². The van der Waals surface area contributed by atoms with E-state index in [9.17, 15) is 9.59 Å². The highest BCUT2D eigenvalue weighted by Gasteiger charge is 2.35. The zero-order chi connectivity index (χ0) is 8.88. The van der Waals surface area contributed by atoms with Crippen LogP contribution in [0.4, 0.5) is 4.79 Å². The van der Waals surface area contributed by atoms with Crippen LogP contribution in [-0.4, -0.2) is 26.8 Å². The molecule has 2 amide bonds. The van der Waals surface area contributed by atoms with Crippen LogP contribution >= 0.6 is 0 Å². The number of fused-ring (bicyclic) bond motifs is 1. The minimum Gasteiger partial charge on any atom is -0.277 e. The van der Waals surface area contributed by atoms with Crippen LogP contribution in [-0.2, 0) is 0 Å². The van der Waals surface area contributed by atoms with E-state index in [1.165, 1.54) is 6.20 Å². The predicted octanol–water partition coefficient (Wildman–Crippen LogP) is 0.610. The molecule has 1 aliphatic heterocycles. The fourth-order valence-corrected chi connectivity index (χ4v) is 1.25. The Morgan fingerprint density at radius 3 is 2.67 bits per heavy atom. The quantitative estimate of drug-likeness (QED) is 0.574. The van der Waals surface area contributed by atoms with Crippen LogP contribution in [0.25, 0.3) is 0 Å². The number of hydroxylamine groups is 2. The van der Waals surface area contributed by atoms with Crippen LogP contribution in [0, 0.1) is 6.92 Å². The highest BCUT2D eigenvalue weighted by atomic mass is 16.5. The molecule has 0 spiro atoms. The zero-order valence-corrected chi connectivity index (χ0v) is 6.31. The van der Waals surface area contributed by atoms with Crippen molar-refractivity contribution in [2.24, 2.45) is 0 Å². The van der Waals surface area contributed by atoms with Gasteiger partial charge in [0.1, 0.15) is 5.69 Å². The van der Waals surface area contributed by atoms with Gasteiger partial charge in [0, 0.05) is 6.20 Å². The summed E-state index contributed by atoms with van der Waals surface area (Å²) in [7, 11) is 0. The molecule has 12 heavy (non-hydrogen) atoms. The van der Waals surface area contributed by atoms with Crippen LogP contribution in [0.2, 0.25) is 0 Å². The van der Waals surface area contributed by atoms with Crippen LogP contribution in [0.5, 0.6) is 0 Å². The minimum atomic E-state index is -0.719. The van der Waals surface area contributed by atoms with Gasteiger partial charge < -0.3 is 0 Å². The second-order valence-electron chi connectivity index (χ2n) is 2.62. The summed E-state index contributed by atoms with van der Waals surface area (Å²) in [6.45, 7) is 1.70. The summed E-state index contributed by atoms with van der Waals surface area (Å²) < 4.78 is 1.12. The Morgan fingerprint density at radius 1 is 1.42 bits per heavy atom. The lowest BCUT2D eigenvalue weighted by molar-refractivity contribution is -0.0159. The summed E-state index contributed by atoms with van der Waals surface area (Å²) in [4.78, 5) is 22.2. The van der Waals surface area contributed by atoms with Crippen LogP contribution in [0.15, 0.2) is 12.3 Å². The Hall–Kier alpha value is -1.62. The monoisotopic (exact) mass is 166 g/mol. The van der Waals surface area contributed by atoms with Gasteiger partial charge >= 0.3 is 11.9 Å². The van der Waals surface area contributed by atoms with E-state index in [1.54, 1.807) is 13.0 Å². The molecule has 5 heteroatoms. The molecular formula is C7H6N2O3. The highest BCUT2D eigenvalue weighted by Crippen LogP contribution is 2.19. The lowest BCUT2D eigenvalue weighted by Crippen LogP contribution is -2.26. The first-order chi connectivity index (χ1) is 5.63. The van der Waals surface area contributed by atoms with Gasteiger partial charge in [-0.25, -0.2) is 4.79 Å². The molecular weight excluding hydrogens is 160 g/mol. The van der Waals surface area contributed by atoms with Crippen molar-refractivity contribution in [3.8, 4) is 0 Å². The molecule has 2 rings (SSSR count). The summed E-state index contributed by atoms with van der Waals surface area (Å²) in [5, 5.41) is 9.03. The standard InChI is InChI=1S/C7H6N2O3/c1-4-2-3-8-5(4)6(10)9(12)7(8)11/h2-3,12H,1H3. The molecule has 1 aliphatic rings. The molecule has 1 aromatic heterocycles. The second-order valence-corrected chi connectivity index (χ2v) is 2.62. The van der Waals surface area contributed by atoms with Gasteiger partial charge in [-0.15, -0.1) is 5.06 Å². The number of imide groups is 1. The summed E-state index contributed by atoms with van der Waals surface area (Å²) in [6, 6.07) is 0.932. The van der Waals surface area contributed by atoms with E-state index in [4.69, 9.17) is 5.21 Å². The largest absolute Gasteiger partial charge is 0.360 e. The van der Waals surface area contributed by atoms with E-state index in [0.717, 1.165) is 4.57 Å². The number of amides is 2. The summed E-state index contributed by atoms with van der Waals surface area (Å²) in [5.74, 6) is -0.664. The lowest BCUT2D eigenvalue weighted by atomic mass is 10.3. The van der Waals surface area contributed by atoms with E-state index in [-0.39, 0.29) is 10.8 Å². The van der Waals surface area contributed by atoms with E-state index >= 15 is 0 Å². The third-order valence-electron chi connectivity index (χ3n) is 1.87. The van der Waals surface area contributed by atoms with Crippen molar-refractivity contribution in [2.75, 3.05) is 0 Å². The Bertz CT molecular complexity index is 380. The van der Waals surface area contributed by atoms with Crippen LogP contribution in [0.3, 0.4) is 0 Å². The maximum absolute atomic E-state index is 11.1. The van der Waals surface area contributed by atoms with Crippen molar-refractivity contribution in [1.82, 2.24) is 9.63 Å². The average molecular weight is 166 g/mol. The number of hydrogen-bond donors (Lipinski definition) is 1. The second kappa shape index (κ2) is 1.95. The Labute approximate surface area is 67.8 Å². The van der Waals surface area contributed by atoms with E-state index < -0.39 is 11.9 Å². The molecule has 0 radical (unpaired) electrons. The molecule has 2 heterocycles. The highest BCUT2D eigenvalue weighted by molar-refractivity contribution is 6.10. The average Bonchev–Trinajstić information content (AvgIpc) is 2.51. The van der Waals surface area contributed by atoms with Gasteiger partial charge in [0.15, 0.2) is 0 Å². The normalized spacial score (nSPS) is 15.7. The number of aromatic nitrogens is 1. The van der Waals surface area contributed by atoms with Gasteiger partial charge in [-0.1, -0.05) is 0 Å². The molecule has 0 atom stereocenters. The first-order valence-corrected chi connectivity index (χ1v) is 3.38. The molecule has 62 valence electrons. The fraction of sp³-hybridized carbons (Fsp3) is 0.143. The van der Waals surface area contributed by atoms with Gasteiger partial charge in [-0.2, -0.15) is 0 Å². The van der Waals surface area contributed by atoms with E-state index in [2.05, 4.69) is 0 Å². The molecule has 0 saturated heterocycles. The summed E-state index contributed by atoms with van der Waals surface area (Å²) in [5.41, 5.74) is 0.924. The first kappa shape index (κ1) is 7.05. The molecule has 0 fully saturated rings. The lowest BCUT2D eigenvalue weighted by Gasteiger charge is -2.00. The first-order valence-electron chi connectivity index (χ1n) is 3.38. The molecule has 0 saturated carbocycles. The number of carbonyl (C=O) groups excluding carboxylic acids is 2.